The van der Waals surface area contributed by atoms with Crippen molar-refractivity contribution >= 4 is 29.8 Å². The van der Waals surface area contributed by atoms with Gasteiger partial charge in [0, 0.05) is 29.3 Å². The molecule has 3 fully saturated rings. The van der Waals surface area contributed by atoms with Crippen molar-refractivity contribution in [3.63, 3.8) is 0 Å². The third kappa shape index (κ3) is 6.69. The summed E-state index contributed by atoms with van der Waals surface area (Å²) >= 11 is 2.84. The fraction of sp³-hybridized carbons (Fsp3) is 0.500. The van der Waals surface area contributed by atoms with E-state index in [4.69, 9.17) is 4.74 Å². The Morgan fingerprint density at radius 2 is 1.72 bits per heavy atom. The Hall–Kier alpha value is -1.91. The number of piperidine rings is 1. The van der Waals surface area contributed by atoms with Gasteiger partial charge in [-0.05, 0) is 110 Å². The first-order chi connectivity index (χ1) is 17.3. The monoisotopic (exact) mass is 540 g/mol. The van der Waals surface area contributed by atoms with Gasteiger partial charge in [0.05, 0.1) is 17.7 Å². The third-order valence-electron chi connectivity index (χ3n) is 6.67. The van der Waals surface area contributed by atoms with Crippen LogP contribution in [0.5, 0.6) is 5.75 Å². The van der Waals surface area contributed by atoms with Crippen molar-refractivity contribution in [3.8, 4) is 5.75 Å². The van der Waals surface area contributed by atoms with Gasteiger partial charge >= 0.3 is 6.18 Å². The molecule has 1 saturated heterocycles. The van der Waals surface area contributed by atoms with Crippen molar-refractivity contribution in [2.24, 2.45) is 5.92 Å². The number of nitrogens with one attached hydrogen (secondary N) is 1. The molecule has 2 aromatic rings. The average molecular weight is 541 g/mol. The summed E-state index contributed by atoms with van der Waals surface area (Å²) in [6, 6.07) is 8.26. The van der Waals surface area contributed by atoms with Crippen LogP contribution in [0.1, 0.15) is 65.9 Å². The molecule has 3 aliphatic rings. The maximum atomic E-state index is 14.8. The van der Waals surface area contributed by atoms with Crippen LogP contribution in [-0.2, 0) is 6.18 Å². The Morgan fingerprint density at radius 3 is 2.33 bits per heavy atom. The van der Waals surface area contributed by atoms with Gasteiger partial charge in [0.25, 0.3) is 5.91 Å². The maximum Gasteiger partial charge on any atom is 0.416 e. The number of benzene rings is 2. The van der Waals surface area contributed by atoms with Crippen molar-refractivity contribution in [1.29, 1.82) is 0 Å². The van der Waals surface area contributed by atoms with Crippen molar-refractivity contribution in [3.05, 3.63) is 58.9 Å². The zero-order chi connectivity index (χ0) is 25.3. The topological polar surface area (TPSA) is 41.6 Å². The van der Waals surface area contributed by atoms with Gasteiger partial charge in [-0.25, -0.2) is 8.70 Å². The fourth-order valence-corrected chi connectivity index (χ4v) is 5.90. The lowest BCUT2D eigenvalue weighted by Crippen LogP contribution is -2.31. The van der Waals surface area contributed by atoms with Crippen LogP contribution in [0.15, 0.2) is 41.3 Å². The molecule has 2 saturated carbocycles. The SMILES string of the molecule is O=C(NSC1CC1)c1cc(C2CC2)c(OCC2CCN(Sc3ccc(C(F)(F)F)cc3)CC2)cc1F. The average Bonchev–Trinajstić information content (AvgIpc) is 3.76. The van der Waals surface area contributed by atoms with Crippen LogP contribution in [0, 0.1) is 11.7 Å². The number of rotatable bonds is 9. The predicted octanol–water partition coefficient (Wildman–Crippen LogP) is 7.06. The van der Waals surface area contributed by atoms with Crippen LogP contribution in [0.3, 0.4) is 0 Å². The molecule has 4 nitrogen and oxygen atoms in total. The minimum atomic E-state index is -4.33. The lowest BCUT2D eigenvalue weighted by molar-refractivity contribution is -0.137. The summed E-state index contributed by atoms with van der Waals surface area (Å²) in [5.74, 6) is 0.192. The Labute approximate surface area is 216 Å². The Morgan fingerprint density at radius 1 is 1.03 bits per heavy atom. The fourth-order valence-electron chi connectivity index (χ4n) is 4.19. The summed E-state index contributed by atoms with van der Waals surface area (Å²) in [5, 5.41) is 0.447. The molecule has 1 N–H and O–H groups in total. The molecule has 2 aromatic carbocycles. The molecule has 2 aliphatic carbocycles. The summed E-state index contributed by atoms with van der Waals surface area (Å²) in [6.45, 7) is 2.06. The summed E-state index contributed by atoms with van der Waals surface area (Å²) < 4.78 is 64.1. The molecule has 1 aliphatic heterocycles. The van der Waals surface area contributed by atoms with Crippen LogP contribution in [0.4, 0.5) is 17.6 Å². The molecule has 0 spiro atoms. The first kappa shape index (κ1) is 25.7. The molecule has 0 bridgehead atoms. The molecular formula is C26H28F4N2O2S2. The number of alkyl halides is 3. The molecule has 0 atom stereocenters. The standard InChI is InChI=1S/C26H28F4N2O2S2/c27-23-14-24(21(17-1-2-17)13-22(23)25(33)31-35-19-7-8-19)34-15-16-9-11-32(12-10-16)36-20-5-3-18(4-6-20)26(28,29)30/h3-6,13-14,16-17,19H,1-2,7-12,15H2,(H,31,33). The smallest absolute Gasteiger partial charge is 0.416 e. The maximum absolute atomic E-state index is 14.8. The van der Waals surface area contributed by atoms with Crippen molar-refractivity contribution < 1.29 is 27.1 Å². The lowest BCUT2D eigenvalue weighted by atomic mass is 9.99. The van der Waals surface area contributed by atoms with Gasteiger partial charge in [0.2, 0.25) is 0 Å². The van der Waals surface area contributed by atoms with Crippen molar-refractivity contribution in [2.75, 3.05) is 19.7 Å². The van der Waals surface area contributed by atoms with Crippen LogP contribution in [-0.4, -0.2) is 35.2 Å². The number of hydrogen-bond acceptors (Lipinski definition) is 5. The highest BCUT2D eigenvalue weighted by Crippen LogP contribution is 2.45. The highest BCUT2D eigenvalue weighted by Gasteiger charge is 2.32. The first-order valence-corrected chi connectivity index (χ1v) is 13.9. The van der Waals surface area contributed by atoms with Crippen molar-refractivity contribution in [1.82, 2.24) is 9.03 Å². The van der Waals surface area contributed by atoms with Crippen LogP contribution in [0.25, 0.3) is 0 Å². The van der Waals surface area contributed by atoms with Gasteiger partial charge in [-0.3, -0.25) is 9.52 Å². The van der Waals surface area contributed by atoms with E-state index >= 15 is 0 Å². The normalized spacial score (nSPS) is 19.3. The quantitative estimate of drug-likeness (QED) is 0.272. The predicted molar refractivity (Wildman–Crippen MR) is 134 cm³/mol. The first-order valence-electron chi connectivity index (χ1n) is 12.3. The Balaban J connectivity index is 1.13. The molecule has 5 rings (SSSR count). The van der Waals surface area contributed by atoms with Crippen LogP contribution < -0.4 is 9.46 Å². The van der Waals surface area contributed by atoms with Gasteiger partial charge in [-0.1, -0.05) is 0 Å². The zero-order valence-electron chi connectivity index (χ0n) is 19.7. The molecule has 0 radical (unpaired) electrons. The number of carbonyl (C=O) groups excluding carboxylic acids is 1. The summed E-state index contributed by atoms with van der Waals surface area (Å²) in [5.41, 5.74) is 0.342. The van der Waals surface area contributed by atoms with E-state index in [9.17, 15) is 22.4 Å². The highest BCUT2D eigenvalue weighted by molar-refractivity contribution is 7.98. The van der Waals surface area contributed by atoms with E-state index in [1.54, 1.807) is 6.07 Å². The number of halogens is 4. The van der Waals surface area contributed by atoms with E-state index < -0.39 is 23.5 Å². The second kappa shape index (κ2) is 10.8. The lowest BCUT2D eigenvalue weighted by Gasteiger charge is -2.31. The number of nitrogens with zero attached hydrogens (tertiary/aromatic N) is 1. The molecule has 194 valence electrons. The Kier molecular flexibility index (Phi) is 7.74. The van der Waals surface area contributed by atoms with Gasteiger partial charge in [0.15, 0.2) is 0 Å². The second-order valence-electron chi connectivity index (χ2n) is 9.69. The zero-order valence-corrected chi connectivity index (χ0v) is 21.3. The Bertz CT molecular complexity index is 1080. The van der Waals surface area contributed by atoms with E-state index in [2.05, 4.69) is 9.03 Å². The summed E-state index contributed by atoms with van der Waals surface area (Å²) in [7, 11) is 0. The van der Waals surface area contributed by atoms with E-state index in [1.807, 2.05) is 0 Å². The number of ether oxygens (including phenoxy) is 1. The third-order valence-corrected chi connectivity index (χ3v) is 8.88. The van der Waals surface area contributed by atoms with Gasteiger partial charge < -0.3 is 4.74 Å². The largest absolute Gasteiger partial charge is 0.493 e. The minimum absolute atomic E-state index is 0.0750. The summed E-state index contributed by atoms with van der Waals surface area (Å²) in [6.07, 6.45) is 1.63. The molecular weight excluding hydrogens is 512 g/mol. The number of carbonyl (C=O) groups is 1. The van der Waals surface area contributed by atoms with Gasteiger partial charge in [-0.15, -0.1) is 0 Å². The molecule has 1 heterocycles. The van der Waals surface area contributed by atoms with Crippen LogP contribution >= 0.6 is 23.9 Å². The van der Waals surface area contributed by atoms with E-state index in [-0.39, 0.29) is 5.56 Å². The van der Waals surface area contributed by atoms with E-state index in [0.29, 0.717) is 29.4 Å². The van der Waals surface area contributed by atoms with E-state index in [0.717, 1.165) is 74.2 Å². The van der Waals surface area contributed by atoms with Gasteiger partial charge in [-0.2, -0.15) is 13.2 Å². The van der Waals surface area contributed by atoms with Gasteiger partial charge in [0.1, 0.15) is 11.6 Å². The molecule has 1 amide bonds. The van der Waals surface area contributed by atoms with Crippen molar-refractivity contribution in [2.45, 2.75) is 60.8 Å². The van der Waals surface area contributed by atoms with E-state index in [1.165, 1.54) is 42.1 Å². The molecule has 36 heavy (non-hydrogen) atoms. The second-order valence-corrected chi connectivity index (χ2v) is 12.0. The molecule has 0 aromatic heterocycles. The summed E-state index contributed by atoms with van der Waals surface area (Å²) in [4.78, 5) is 13.2. The number of amides is 1. The number of hydrogen-bond donors (Lipinski definition) is 1. The highest BCUT2D eigenvalue weighted by atomic mass is 32.2. The molecule has 0 unspecified atom stereocenters. The van der Waals surface area contributed by atoms with Crippen LogP contribution in [0.2, 0.25) is 0 Å². The molecule has 10 heteroatoms. The minimum Gasteiger partial charge on any atom is -0.493 e.